The van der Waals surface area contributed by atoms with Crippen molar-refractivity contribution in [1.29, 1.82) is 0 Å². The summed E-state index contributed by atoms with van der Waals surface area (Å²) in [6.07, 6.45) is 4.78. The van der Waals surface area contributed by atoms with Crippen LogP contribution in [0.1, 0.15) is 46.0 Å². The molecule has 2 rings (SSSR count). The molecule has 1 N–H and O–H groups in total. The molecule has 5 heteroatoms. The molecule has 2 amide bonds. The van der Waals surface area contributed by atoms with Crippen LogP contribution in [0.2, 0.25) is 0 Å². The van der Waals surface area contributed by atoms with Crippen molar-refractivity contribution in [3.8, 4) is 0 Å². The van der Waals surface area contributed by atoms with Crippen LogP contribution in [-0.2, 0) is 14.3 Å². The molecule has 0 spiro atoms. The number of hydrogen-bond acceptors (Lipinski definition) is 3. The molecule has 0 aromatic rings. The molecular weight excluding hydrogens is 256 g/mol. The maximum atomic E-state index is 12.4. The Kier molecular flexibility index (Phi) is 5.40. The van der Waals surface area contributed by atoms with E-state index in [1.807, 2.05) is 13.8 Å². The van der Waals surface area contributed by atoms with E-state index < -0.39 is 0 Å². The van der Waals surface area contributed by atoms with Crippen LogP contribution in [0, 0.1) is 5.92 Å². The number of nitrogens with one attached hydrogen (secondary N) is 1. The highest BCUT2D eigenvalue weighted by molar-refractivity contribution is 5.96. The quantitative estimate of drug-likeness (QED) is 0.683. The van der Waals surface area contributed by atoms with E-state index in [2.05, 4.69) is 5.32 Å². The lowest BCUT2D eigenvalue weighted by Gasteiger charge is -2.38. The van der Waals surface area contributed by atoms with Crippen molar-refractivity contribution in [2.75, 3.05) is 19.8 Å². The summed E-state index contributed by atoms with van der Waals surface area (Å²) in [7, 11) is 0. The minimum Gasteiger partial charge on any atom is -0.379 e. The van der Waals surface area contributed by atoms with Crippen LogP contribution in [0.25, 0.3) is 0 Å². The number of hydrogen-bond donors (Lipinski definition) is 1. The highest BCUT2D eigenvalue weighted by atomic mass is 16.5. The normalized spacial score (nSPS) is 26.8. The Bertz CT molecular complexity index is 355. The molecule has 114 valence electrons. The van der Waals surface area contributed by atoms with E-state index in [0.717, 1.165) is 18.9 Å². The van der Waals surface area contributed by atoms with E-state index in [1.165, 1.54) is 12.8 Å². The number of ether oxygens (including phenoxy) is 1. The Labute approximate surface area is 121 Å². The number of nitrogens with zero attached hydrogens (tertiary/aromatic N) is 1. The van der Waals surface area contributed by atoms with Gasteiger partial charge in [0.15, 0.2) is 0 Å². The van der Waals surface area contributed by atoms with Crippen LogP contribution in [0.3, 0.4) is 0 Å². The Morgan fingerprint density at radius 1 is 1.30 bits per heavy atom. The zero-order valence-corrected chi connectivity index (χ0v) is 12.6. The van der Waals surface area contributed by atoms with Crippen molar-refractivity contribution in [3.63, 3.8) is 0 Å². The highest BCUT2D eigenvalue weighted by Crippen LogP contribution is 2.28. The first-order chi connectivity index (χ1) is 9.67. The van der Waals surface area contributed by atoms with Crippen molar-refractivity contribution in [2.24, 2.45) is 5.92 Å². The van der Waals surface area contributed by atoms with Gasteiger partial charge in [0, 0.05) is 13.2 Å². The van der Waals surface area contributed by atoms with Gasteiger partial charge in [-0.1, -0.05) is 20.3 Å². The van der Waals surface area contributed by atoms with E-state index in [1.54, 1.807) is 4.90 Å². The summed E-state index contributed by atoms with van der Waals surface area (Å²) in [6.45, 7) is 5.82. The Hall–Kier alpha value is -1.10. The fraction of sp³-hybridized carbons (Fsp3) is 0.867. The van der Waals surface area contributed by atoms with E-state index in [9.17, 15) is 9.59 Å². The largest absolute Gasteiger partial charge is 0.379 e. The lowest BCUT2D eigenvalue weighted by Crippen LogP contribution is -2.63. The first-order valence-electron chi connectivity index (χ1n) is 7.86. The van der Waals surface area contributed by atoms with Gasteiger partial charge in [-0.3, -0.25) is 9.59 Å². The molecule has 2 aliphatic rings. The lowest BCUT2D eigenvalue weighted by atomic mass is 10.0. The minimum absolute atomic E-state index is 0.0206. The molecule has 0 bridgehead atoms. The second-order valence-corrected chi connectivity index (χ2v) is 5.82. The molecule has 0 radical (unpaired) electrons. The minimum atomic E-state index is -0.348. The number of piperazine rings is 1. The second kappa shape index (κ2) is 7.07. The maximum Gasteiger partial charge on any atom is 0.245 e. The third-order valence-electron chi connectivity index (χ3n) is 4.07. The predicted octanol–water partition coefficient (Wildman–Crippen LogP) is 1.32. The van der Waals surface area contributed by atoms with E-state index >= 15 is 0 Å². The number of rotatable bonds is 8. The fourth-order valence-corrected chi connectivity index (χ4v) is 2.68. The van der Waals surface area contributed by atoms with Crippen LogP contribution in [-0.4, -0.2) is 48.6 Å². The van der Waals surface area contributed by atoms with Crippen molar-refractivity contribution in [3.05, 3.63) is 0 Å². The molecule has 1 saturated carbocycles. The summed E-state index contributed by atoms with van der Waals surface area (Å²) < 4.78 is 5.61. The number of carbonyl (C=O) groups is 2. The topological polar surface area (TPSA) is 58.6 Å². The molecule has 2 unspecified atom stereocenters. The van der Waals surface area contributed by atoms with Crippen LogP contribution in [0.5, 0.6) is 0 Å². The second-order valence-electron chi connectivity index (χ2n) is 5.82. The van der Waals surface area contributed by atoms with Gasteiger partial charge >= 0.3 is 0 Å². The van der Waals surface area contributed by atoms with Crippen molar-refractivity contribution >= 4 is 11.8 Å². The zero-order valence-electron chi connectivity index (χ0n) is 12.6. The van der Waals surface area contributed by atoms with Gasteiger partial charge in [0.1, 0.15) is 12.1 Å². The molecule has 2 atom stereocenters. The van der Waals surface area contributed by atoms with E-state index in [-0.39, 0.29) is 23.9 Å². The van der Waals surface area contributed by atoms with Gasteiger partial charge in [-0.2, -0.15) is 0 Å². The Morgan fingerprint density at radius 3 is 2.65 bits per heavy atom. The summed E-state index contributed by atoms with van der Waals surface area (Å²) in [5.41, 5.74) is 0. The van der Waals surface area contributed by atoms with Crippen LogP contribution < -0.4 is 5.32 Å². The van der Waals surface area contributed by atoms with Crippen LogP contribution in [0.4, 0.5) is 0 Å². The van der Waals surface area contributed by atoms with Gasteiger partial charge in [0.2, 0.25) is 11.8 Å². The smallest absolute Gasteiger partial charge is 0.245 e. The number of amides is 2. The zero-order chi connectivity index (χ0) is 14.5. The molecule has 0 aromatic heterocycles. The predicted molar refractivity (Wildman–Crippen MR) is 76.2 cm³/mol. The molecule has 1 saturated heterocycles. The van der Waals surface area contributed by atoms with E-state index in [0.29, 0.717) is 26.0 Å². The molecule has 1 aliphatic heterocycles. The Balaban J connectivity index is 1.88. The van der Waals surface area contributed by atoms with Gasteiger partial charge in [-0.15, -0.1) is 0 Å². The summed E-state index contributed by atoms with van der Waals surface area (Å²) in [5.74, 6) is 0.756. The Morgan fingerprint density at radius 2 is 2.05 bits per heavy atom. The summed E-state index contributed by atoms with van der Waals surface area (Å²) in [6, 6.07) is -0.682. The summed E-state index contributed by atoms with van der Waals surface area (Å²) >= 11 is 0. The lowest BCUT2D eigenvalue weighted by molar-refractivity contribution is -0.150. The third kappa shape index (κ3) is 3.72. The standard InChI is InChI=1S/C15H26N2O3/c1-3-5-12-15(19)17(13(4-2)14(18)16-12)8-9-20-10-11-6-7-11/h11-13H,3-10H2,1-2H3,(H,16,18). The first-order valence-corrected chi connectivity index (χ1v) is 7.86. The molecule has 2 fully saturated rings. The first kappa shape index (κ1) is 15.3. The van der Waals surface area contributed by atoms with E-state index in [4.69, 9.17) is 4.74 Å². The average molecular weight is 282 g/mol. The SMILES string of the molecule is CCCC1NC(=O)C(CC)N(CCOCC2CC2)C1=O. The highest BCUT2D eigenvalue weighted by Gasteiger charge is 2.38. The number of carbonyl (C=O) groups excluding carboxylic acids is 2. The summed E-state index contributed by atoms with van der Waals surface area (Å²) in [5, 5.41) is 2.85. The van der Waals surface area contributed by atoms with Crippen molar-refractivity contribution in [1.82, 2.24) is 10.2 Å². The molecule has 1 heterocycles. The van der Waals surface area contributed by atoms with Crippen LogP contribution >= 0.6 is 0 Å². The maximum absolute atomic E-state index is 12.4. The van der Waals surface area contributed by atoms with Gasteiger partial charge in [0.25, 0.3) is 0 Å². The molecule has 0 aromatic carbocycles. The van der Waals surface area contributed by atoms with Crippen molar-refractivity contribution < 1.29 is 14.3 Å². The molecular formula is C15H26N2O3. The molecule has 1 aliphatic carbocycles. The van der Waals surface area contributed by atoms with Crippen molar-refractivity contribution in [2.45, 2.75) is 58.0 Å². The molecule has 5 nitrogen and oxygen atoms in total. The summed E-state index contributed by atoms with van der Waals surface area (Å²) in [4.78, 5) is 26.2. The average Bonchev–Trinajstić information content (AvgIpc) is 3.24. The van der Waals surface area contributed by atoms with Gasteiger partial charge in [0.05, 0.1) is 6.61 Å². The van der Waals surface area contributed by atoms with Gasteiger partial charge < -0.3 is 15.0 Å². The van der Waals surface area contributed by atoms with Gasteiger partial charge in [-0.05, 0) is 31.6 Å². The third-order valence-corrected chi connectivity index (χ3v) is 4.07. The van der Waals surface area contributed by atoms with Gasteiger partial charge in [-0.25, -0.2) is 0 Å². The fourth-order valence-electron chi connectivity index (χ4n) is 2.68. The molecule has 20 heavy (non-hydrogen) atoms. The monoisotopic (exact) mass is 282 g/mol. The van der Waals surface area contributed by atoms with Crippen LogP contribution in [0.15, 0.2) is 0 Å².